The molecule has 0 unspecified atom stereocenters. The second-order valence-electron chi connectivity index (χ2n) is 8.91. The molecule has 0 saturated heterocycles. The van der Waals surface area contributed by atoms with Gasteiger partial charge in [-0.3, -0.25) is 0 Å². The number of fused-ring (bicyclic) bond motifs is 3. The minimum absolute atomic E-state index is 0.374. The molecule has 0 radical (unpaired) electrons. The number of benzene rings is 2. The highest BCUT2D eigenvalue weighted by Crippen LogP contribution is 2.58. The molecule has 158 valence electrons. The van der Waals surface area contributed by atoms with Gasteiger partial charge in [-0.05, 0) is 43.0 Å². The molecular weight excluding hydrogens is 380 g/mol. The Balaban J connectivity index is 1.92. The molecule has 2 aliphatic carbocycles. The smallest absolute Gasteiger partial charge is 0.338 e. The van der Waals surface area contributed by atoms with E-state index in [2.05, 4.69) is 0 Å². The first-order chi connectivity index (χ1) is 14.2. The predicted octanol–water partition coefficient (Wildman–Crippen LogP) is 3.86. The SMILES string of the molecule is CC1=C2[C@@H](O)[C@H](O)c3ccccc3[C@H](OC(=O)c3ccccc3)[C@](O)(CC1)C2(C)C. The molecule has 2 aliphatic rings. The summed E-state index contributed by atoms with van der Waals surface area (Å²) in [5.74, 6) is -0.539. The Kier molecular flexibility index (Phi) is 5.09. The summed E-state index contributed by atoms with van der Waals surface area (Å²) in [6, 6.07) is 15.7. The Hall–Kier alpha value is -2.47. The fourth-order valence-corrected chi connectivity index (χ4v) is 5.19. The van der Waals surface area contributed by atoms with E-state index in [9.17, 15) is 20.1 Å². The zero-order valence-electron chi connectivity index (χ0n) is 17.5. The molecule has 0 amide bonds. The Morgan fingerprint density at radius 2 is 1.57 bits per heavy atom. The number of carbonyl (C=O) groups is 1. The van der Waals surface area contributed by atoms with E-state index in [4.69, 9.17) is 4.74 Å². The van der Waals surface area contributed by atoms with Gasteiger partial charge in [0, 0.05) is 11.0 Å². The number of carbonyl (C=O) groups excluding carboxylic acids is 1. The molecule has 4 rings (SSSR count). The first-order valence-electron chi connectivity index (χ1n) is 10.3. The highest BCUT2D eigenvalue weighted by Gasteiger charge is 2.59. The summed E-state index contributed by atoms with van der Waals surface area (Å²) in [4.78, 5) is 13.0. The monoisotopic (exact) mass is 408 g/mol. The number of aliphatic hydroxyl groups is 3. The summed E-state index contributed by atoms with van der Waals surface area (Å²) >= 11 is 0. The lowest BCUT2D eigenvalue weighted by molar-refractivity contribution is -0.162. The molecule has 4 atom stereocenters. The average Bonchev–Trinajstić information content (AvgIpc) is 2.74. The molecule has 2 bridgehead atoms. The van der Waals surface area contributed by atoms with Crippen LogP contribution in [0.5, 0.6) is 0 Å². The van der Waals surface area contributed by atoms with Crippen LogP contribution in [0.25, 0.3) is 0 Å². The maximum absolute atomic E-state index is 13.0. The van der Waals surface area contributed by atoms with Crippen molar-refractivity contribution < 1.29 is 24.9 Å². The molecule has 0 saturated carbocycles. The Labute approximate surface area is 176 Å². The lowest BCUT2D eigenvalue weighted by Crippen LogP contribution is -2.57. The van der Waals surface area contributed by atoms with Gasteiger partial charge in [-0.2, -0.15) is 0 Å². The number of rotatable bonds is 2. The first-order valence-corrected chi connectivity index (χ1v) is 10.3. The van der Waals surface area contributed by atoms with Crippen LogP contribution in [-0.4, -0.2) is 33.0 Å². The Bertz CT molecular complexity index is 994. The van der Waals surface area contributed by atoms with Crippen LogP contribution in [0.4, 0.5) is 0 Å². The number of aliphatic hydroxyl groups excluding tert-OH is 2. The Morgan fingerprint density at radius 3 is 2.23 bits per heavy atom. The summed E-state index contributed by atoms with van der Waals surface area (Å²) in [5, 5.41) is 34.2. The van der Waals surface area contributed by atoms with Gasteiger partial charge in [0.2, 0.25) is 0 Å². The van der Waals surface area contributed by atoms with E-state index in [1.165, 1.54) is 0 Å². The second kappa shape index (κ2) is 7.34. The quantitative estimate of drug-likeness (QED) is 0.519. The summed E-state index contributed by atoms with van der Waals surface area (Å²) in [6.45, 7) is 5.61. The average molecular weight is 408 g/mol. The normalized spacial score (nSPS) is 30.1. The van der Waals surface area contributed by atoms with Crippen molar-refractivity contribution in [1.29, 1.82) is 0 Å². The zero-order valence-corrected chi connectivity index (χ0v) is 17.5. The van der Waals surface area contributed by atoms with Gasteiger partial charge in [0.1, 0.15) is 17.8 Å². The fourth-order valence-electron chi connectivity index (χ4n) is 5.19. The van der Waals surface area contributed by atoms with Gasteiger partial charge in [-0.1, -0.05) is 61.9 Å². The third kappa shape index (κ3) is 3.00. The topological polar surface area (TPSA) is 87.0 Å². The number of hydrogen-bond donors (Lipinski definition) is 3. The van der Waals surface area contributed by atoms with Gasteiger partial charge >= 0.3 is 5.97 Å². The summed E-state index contributed by atoms with van der Waals surface area (Å²) < 4.78 is 5.98. The van der Waals surface area contributed by atoms with E-state index < -0.39 is 35.3 Å². The number of ether oxygens (including phenoxy) is 1. The number of allylic oxidation sites excluding steroid dienone is 1. The molecular formula is C25H28O5. The van der Waals surface area contributed by atoms with Crippen molar-refractivity contribution in [1.82, 2.24) is 0 Å². The molecule has 30 heavy (non-hydrogen) atoms. The van der Waals surface area contributed by atoms with Crippen LogP contribution >= 0.6 is 0 Å². The van der Waals surface area contributed by atoms with Crippen LogP contribution in [0.2, 0.25) is 0 Å². The van der Waals surface area contributed by atoms with Gasteiger partial charge in [0.05, 0.1) is 5.56 Å². The maximum atomic E-state index is 13.0. The predicted molar refractivity (Wildman–Crippen MR) is 113 cm³/mol. The van der Waals surface area contributed by atoms with Crippen molar-refractivity contribution in [2.75, 3.05) is 0 Å². The third-order valence-electron chi connectivity index (χ3n) is 6.96. The van der Waals surface area contributed by atoms with Gasteiger partial charge in [-0.25, -0.2) is 4.79 Å². The largest absolute Gasteiger partial charge is 0.451 e. The van der Waals surface area contributed by atoms with Crippen LogP contribution in [0.15, 0.2) is 65.7 Å². The number of esters is 1. The molecule has 0 spiro atoms. The van der Waals surface area contributed by atoms with Crippen LogP contribution in [0.3, 0.4) is 0 Å². The van der Waals surface area contributed by atoms with Gasteiger partial charge in [0.25, 0.3) is 0 Å². The van der Waals surface area contributed by atoms with Crippen molar-refractivity contribution >= 4 is 5.97 Å². The maximum Gasteiger partial charge on any atom is 0.338 e. The number of hydrogen-bond acceptors (Lipinski definition) is 5. The van der Waals surface area contributed by atoms with E-state index in [1.54, 1.807) is 48.5 Å². The molecule has 3 N–H and O–H groups in total. The summed E-state index contributed by atoms with van der Waals surface area (Å²) in [5.41, 5.74) is 0.540. The van der Waals surface area contributed by atoms with Crippen molar-refractivity contribution in [3.05, 3.63) is 82.4 Å². The van der Waals surface area contributed by atoms with Gasteiger partial charge in [0.15, 0.2) is 6.10 Å². The highest BCUT2D eigenvalue weighted by molar-refractivity contribution is 5.89. The summed E-state index contributed by atoms with van der Waals surface area (Å²) in [6.07, 6.45) is -2.42. The van der Waals surface area contributed by atoms with E-state index in [0.717, 1.165) is 5.57 Å². The fraction of sp³-hybridized carbons (Fsp3) is 0.400. The van der Waals surface area contributed by atoms with Crippen molar-refractivity contribution in [2.45, 2.75) is 57.5 Å². The highest BCUT2D eigenvalue weighted by atomic mass is 16.6. The second-order valence-corrected chi connectivity index (χ2v) is 8.91. The Morgan fingerprint density at radius 1 is 0.967 bits per heavy atom. The van der Waals surface area contributed by atoms with Crippen LogP contribution < -0.4 is 0 Å². The van der Waals surface area contributed by atoms with Crippen molar-refractivity contribution in [3.8, 4) is 0 Å². The van der Waals surface area contributed by atoms with Crippen LogP contribution in [0, 0.1) is 5.41 Å². The molecule has 0 fully saturated rings. The van der Waals surface area contributed by atoms with Crippen molar-refractivity contribution in [3.63, 3.8) is 0 Å². The van der Waals surface area contributed by atoms with Crippen molar-refractivity contribution in [2.24, 2.45) is 5.41 Å². The summed E-state index contributed by atoms with van der Waals surface area (Å²) in [7, 11) is 0. The van der Waals surface area contributed by atoms with E-state index in [1.807, 2.05) is 26.8 Å². The van der Waals surface area contributed by atoms with E-state index >= 15 is 0 Å². The molecule has 0 heterocycles. The van der Waals surface area contributed by atoms with E-state index in [0.29, 0.717) is 35.1 Å². The minimum Gasteiger partial charge on any atom is -0.451 e. The van der Waals surface area contributed by atoms with E-state index in [-0.39, 0.29) is 0 Å². The standard InChI is InChI=1S/C25H28O5/c1-15-13-14-25(29)22(30-23(28)16-9-5-4-6-10-16)18-12-8-7-11-17(18)20(26)21(27)19(15)24(25,2)3/h4-12,20-22,26-27,29H,13-14H2,1-3H3/t20-,21-,22+,25-/m1/s1. The van der Waals surface area contributed by atoms with Gasteiger partial charge in [-0.15, -0.1) is 0 Å². The molecule has 5 heteroatoms. The molecule has 2 aromatic rings. The first kappa shape index (κ1) is 20.8. The third-order valence-corrected chi connectivity index (χ3v) is 6.96. The minimum atomic E-state index is -1.45. The molecule has 0 aromatic heterocycles. The lowest BCUT2D eigenvalue weighted by Gasteiger charge is -2.54. The van der Waals surface area contributed by atoms with Crippen LogP contribution in [0.1, 0.15) is 67.3 Å². The van der Waals surface area contributed by atoms with Crippen LogP contribution in [-0.2, 0) is 4.74 Å². The lowest BCUT2D eigenvalue weighted by atomic mass is 9.56. The zero-order chi connectivity index (χ0) is 21.7. The van der Waals surface area contributed by atoms with Gasteiger partial charge < -0.3 is 20.1 Å². The molecule has 2 aromatic carbocycles. The molecule has 5 nitrogen and oxygen atoms in total. The molecule has 0 aliphatic heterocycles.